The minimum Gasteiger partial charge on any atom is -0.495 e. The van der Waals surface area contributed by atoms with E-state index in [1.165, 1.54) is 29.6 Å². The summed E-state index contributed by atoms with van der Waals surface area (Å²) in [7, 11) is -2.45. The van der Waals surface area contributed by atoms with Crippen molar-refractivity contribution in [1.29, 1.82) is 0 Å². The van der Waals surface area contributed by atoms with Gasteiger partial charge in [-0.1, -0.05) is 26.7 Å². The number of nitrogens with one attached hydrogen (secondary N) is 1. The van der Waals surface area contributed by atoms with Gasteiger partial charge < -0.3 is 14.8 Å². The van der Waals surface area contributed by atoms with Gasteiger partial charge >= 0.3 is 5.97 Å². The van der Waals surface area contributed by atoms with Gasteiger partial charge in [-0.15, -0.1) is 0 Å². The molecule has 0 radical (unpaired) electrons. The molecule has 162 valence electrons. The molecule has 0 unspecified atom stereocenters. The maximum atomic E-state index is 13.0. The molecule has 1 aliphatic carbocycles. The fourth-order valence-corrected chi connectivity index (χ4v) is 5.28. The maximum absolute atomic E-state index is 13.0. The third kappa shape index (κ3) is 4.72. The van der Waals surface area contributed by atoms with Gasteiger partial charge in [0.25, 0.3) is 5.91 Å². The van der Waals surface area contributed by atoms with Crippen LogP contribution in [0.2, 0.25) is 0 Å². The van der Waals surface area contributed by atoms with Gasteiger partial charge in [0.15, 0.2) is 0 Å². The first kappa shape index (κ1) is 23.2. The van der Waals surface area contributed by atoms with Gasteiger partial charge in [0, 0.05) is 18.7 Å². The van der Waals surface area contributed by atoms with Gasteiger partial charge in [-0.05, 0) is 38.0 Å². The molecule has 8 nitrogen and oxygen atoms in total. The number of ether oxygens (including phenoxy) is 2. The van der Waals surface area contributed by atoms with Crippen molar-refractivity contribution < 1.29 is 27.5 Å². The van der Waals surface area contributed by atoms with E-state index in [9.17, 15) is 18.0 Å². The monoisotopic (exact) mass is 426 g/mol. The third-order valence-electron chi connectivity index (χ3n) is 5.23. The predicted molar refractivity (Wildman–Crippen MR) is 108 cm³/mol. The quantitative estimate of drug-likeness (QED) is 0.608. The summed E-state index contributed by atoms with van der Waals surface area (Å²) in [5, 5.41) is 2.80. The van der Waals surface area contributed by atoms with Crippen LogP contribution >= 0.6 is 0 Å². The highest BCUT2D eigenvalue weighted by Crippen LogP contribution is 2.32. The lowest BCUT2D eigenvalue weighted by Gasteiger charge is -2.28. The second-order valence-electron chi connectivity index (χ2n) is 6.92. The molecule has 0 aliphatic heterocycles. The van der Waals surface area contributed by atoms with Gasteiger partial charge in [0.05, 0.1) is 13.7 Å². The molecule has 29 heavy (non-hydrogen) atoms. The number of hydrogen-bond donors (Lipinski definition) is 1. The van der Waals surface area contributed by atoms with E-state index in [-0.39, 0.29) is 22.8 Å². The summed E-state index contributed by atoms with van der Waals surface area (Å²) in [4.78, 5) is 25.3. The lowest BCUT2D eigenvalue weighted by molar-refractivity contribution is -0.150. The van der Waals surface area contributed by atoms with Crippen molar-refractivity contribution in [3.05, 3.63) is 23.8 Å². The lowest BCUT2D eigenvalue weighted by Crippen LogP contribution is -2.53. The molecule has 0 heterocycles. The van der Waals surface area contributed by atoms with Crippen LogP contribution in [-0.2, 0) is 19.6 Å². The number of carbonyl (C=O) groups excluding carboxylic acids is 2. The lowest BCUT2D eigenvalue weighted by atomic mass is 9.97. The summed E-state index contributed by atoms with van der Waals surface area (Å²) in [6, 6.07) is 4.25. The van der Waals surface area contributed by atoms with Crippen LogP contribution in [0.5, 0.6) is 5.75 Å². The Balaban J connectivity index is 2.40. The smallest absolute Gasteiger partial charge is 0.331 e. The van der Waals surface area contributed by atoms with E-state index in [1.807, 2.05) is 0 Å². The fourth-order valence-electron chi connectivity index (χ4n) is 3.64. The van der Waals surface area contributed by atoms with Crippen LogP contribution in [0.15, 0.2) is 23.1 Å². The average Bonchev–Trinajstić information content (AvgIpc) is 3.18. The Morgan fingerprint density at radius 1 is 1.14 bits per heavy atom. The van der Waals surface area contributed by atoms with Crippen molar-refractivity contribution in [3.8, 4) is 5.75 Å². The Morgan fingerprint density at radius 2 is 1.76 bits per heavy atom. The van der Waals surface area contributed by atoms with Crippen LogP contribution in [0, 0.1) is 0 Å². The van der Waals surface area contributed by atoms with Gasteiger partial charge in [-0.2, -0.15) is 4.31 Å². The van der Waals surface area contributed by atoms with E-state index in [2.05, 4.69) is 5.32 Å². The highest BCUT2D eigenvalue weighted by Gasteiger charge is 2.44. The van der Waals surface area contributed by atoms with Crippen molar-refractivity contribution in [2.45, 2.75) is 56.9 Å². The molecule has 1 aliphatic rings. The molecular weight excluding hydrogens is 396 g/mol. The van der Waals surface area contributed by atoms with E-state index < -0.39 is 27.4 Å². The molecule has 0 spiro atoms. The normalized spacial score (nSPS) is 15.9. The fraction of sp³-hybridized carbons (Fsp3) is 0.600. The highest BCUT2D eigenvalue weighted by molar-refractivity contribution is 7.89. The van der Waals surface area contributed by atoms with Gasteiger partial charge in [0.1, 0.15) is 16.2 Å². The number of nitrogens with zero attached hydrogens (tertiary/aromatic N) is 1. The molecule has 2 rings (SSSR count). The zero-order valence-corrected chi connectivity index (χ0v) is 18.3. The number of benzene rings is 1. The van der Waals surface area contributed by atoms with Gasteiger partial charge in [-0.25, -0.2) is 13.2 Å². The SMILES string of the molecule is CCOC(=O)C1(NC(=O)c2ccc(OC)c(S(=O)(=O)N(CC)CC)c2)CCCC1. The number of carbonyl (C=O) groups is 2. The zero-order chi connectivity index (χ0) is 21.7. The van der Waals surface area contributed by atoms with Crippen molar-refractivity contribution in [2.24, 2.45) is 0 Å². The van der Waals surface area contributed by atoms with Crippen LogP contribution in [0.4, 0.5) is 0 Å². The maximum Gasteiger partial charge on any atom is 0.331 e. The van der Waals surface area contributed by atoms with Crippen LogP contribution in [-0.4, -0.2) is 56.9 Å². The third-order valence-corrected chi connectivity index (χ3v) is 7.30. The summed E-state index contributed by atoms with van der Waals surface area (Å²) >= 11 is 0. The Labute approximate surface area is 172 Å². The van der Waals surface area contributed by atoms with E-state index in [4.69, 9.17) is 9.47 Å². The first-order valence-corrected chi connectivity index (χ1v) is 11.4. The number of methoxy groups -OCH3 is 1. The topological polar surface area (TPSA) is 102 Å². The van der Waals surface area contributed by atoms with Crippen LogP contribution in [0.1, 0.15) is 56.8 Å². The number of rotatable bonds is 9. The molecule has 0 bridgehead atoms. The van der Waals surface area contributed by atoms with E-state index in [0.29, 0.717) is 25.9 Å². The summed E-state index contributed by atoms with van der Waals surface area (Å²) in [6.07, 6.45) is 2.61. The van der Waals surface area contributed by atoms with Crippen molar-refractivity contribution in [3.63, 3.8) is 0 Å². The molecule has 1 aromatic rings. The number of sulfonamides is 1. The first-order valence-electron chi connectivity index (χ1n) is 9.93. The standard InChI is InChI=1S/C20H30N2O6S/c1-5-22(6-2)29(25,26)17-14-15(10-11-16(17)27-4)18(23)21-20(12-8-9-13-20)19(24)28-7-3/h10-11,14H,5-9,12-13H2,1-4H3,(H,21,23). The Hall–Kier alpha value is -2.13. The van der Waals surface area contributed by atoms with E-state index in [0.717, 1.165) is 12.8 Å². The minimum absolute atomic E-state index is 0.0760. The summed E-state index contributed by atoms with van der Waals surface area (Å²) in [5.41, 5.74) is -0.919. The molecule has 0 saturated heterocycles. The number of esters is 1. The largest absolute Gasteiger partial charge is 0.495 e. The highest BCUT2D eigenvalue weighted by atomic mass is 32.2. The first-order chi connectivity index (χ1) is 13.8. The molecule has 1 fully saturated rings. The van der Waals surface area contributed by atoms with Crippen LogP contribution in [0.3, 0.4) is 0 Å². The van der Waals surface area contributed by atoms with E-state index >= 15 is 0 Å². The van der Waals surface area contributed by atoms with Crippen molar-refractivity contribution in [2.75, 3.05) is 26.8 Å². The molecule has 0 aromatic heterocycles. The molecular formula is C20H30N2O6S. The number of hydrogen-bond acceptors (Lipinski definition) is 6. The molecule has 1 aromatic carbocycles. The molecule has 1 saturated carbocycles. The Morgan fingerprint density at radius 3 is 2.28 bits per heavy atom. The van der Waals surface area contributed by atoms with Gasteiger partial charge in [0.2, 0.25) is 10.0 Å². The van der Waals surface area contributed by atoms with Crippen molar-refractivity contribution in [1.82, 2.24) is 9.62 Å². The van der Waals surface area contributed by atoms with Crippen molar-refractivity contribution >= 4 is 21.9 Å². The molecule has 0 atom stereocenters. The summed E-state index contributed by atoms with van der Waals surface area (Å²) in [5.74, 6) is -0.802. The average molecular weight is 427 g/mol. The molecule has 1 N–H and O–H groups in total. The van der Waals surface area contributed by atoms with E-state index in [1.54, 1.807) is 20.8 Å². The predicted octanol–water partition coefficient (Wildman–Crippen LogP) is 2.33. The number of amides is 1. The Kier molecular flexibility index (Phi) is 7.65. The molecule has 9 heteroatoms. The van der Waals surface area contributed by atoms with Crippen LogP contribution in [0.25, 0.3) is 0 Å². The minimum atomic E-state index is -3.83. The van der Waals surface area contributed by atoms with Crippen LogP contribution < -0.4 is 10.1 Å². The zero-order valence-electron chi connectivity index (χ0n) is 17.5. The summed E-state index contributed by atoms with van der Waals surface area (Å²) < 4.78 is 37.7. The van der Waals surface area contributed by atoms with Gasteiger partial charge in [-0.3, -0.25) is 4.79 Å². The molecule has 1 amide bonds. The second-order valence-corrected chi connectivity index (χ2v) is 8.83. The Bertz CT molecular complexity index is 843. The summed E-state index contributed by atoms with van der Waals surface area (Å²) in [6.45, 7) is 6.02. The second kappa shape index (κ2) is 9.58.